The molecule has 0 bridgehead atoms. The van der Waals surface area contributed by atoms with Crippen LogP contribution in [0.4, 0.5) is 0 Å². The zero-order valence-corrected chi connectivity index (χ0v) is 24.8. The van der Waals surface area contributed by atoms with Gasteiger partial charge in [-0.25, -0.2) is 0 Å². The Hall–Kier alpha value is 1.42. The summed E-state index contributed by atoms with van der Waals surface area (Å²) in [5.74, 6) is 3.40. The molecule has 1 rings (SSSR count). The van der Waals surface area contributed by atoms with Gasteiger partial charge in [0.1, 0.15) is 0 Å². The van der Waals surface area contributed by atoms with Crippen LogP contribution in [0.1, 0.15) is 48.5 Å². The van der Waals surface area contributed by atoms with Crippen LogP contribution in [0.25, 0.3) is 15.6 Å². The van der Waals surface area contributed by atoms with E-state index in [-0.39, 0.29) is 52.9 Å². The minimum Gasteiger partial charge on any atom is -0.668 e. The van der Waals surface area contributed by atoms with E-state index in [0.29, 0.717) is 0 Å². The summed E-state index contributed by atoms with van der Waals surface area (Å²) >= 11 is 0. The fraction of sp³-hybridized carbons (Fsp3) is 0.950. The van der Waals surface area contributed by atoms with Crippen LogP contribution in [0.3, 0.4) is 0 Å². The average molecular weight is 590 g/mol. The van der Waals surface area contributed by atoms with E-state index in [1.165, 1.54) is 0 Å². The summed E-state index contributed by atoms with van der Waals surface area (Å²) in [5.41, 5.74) is 0.983. The van der Waals surface area contributed by atoms with Gasteiger partial charge >= 0.3 is 39.9 Å². The topological polar surface area (TPSA) is 42.3 Å². The van der Waals surface area contributed by atoms with Crippen molar-refractivity contribution in [3.8, 4) is 0 Å². The van der Waals surface area contributed by atoms with Gasteiger partial charge in [0.05, 0.1) is 0 Å². The molecule has 25 heavy (non-hydrogen) atoms. The van der Waals surface area contributed by atoms with Crippen LogP contribution in [0, 0.1) is 71.0 Å². The van der Waals surface area contributed by atoms with Crippen LogP contribution in [0.5, 0.6) is 0 Å². The normalized spacial score (nSPS) is 28.4. The van der Waals surface area contributed by atoms with E-state index in [1.807, 2.05) is 0 Å². The first-order valence-corrected chi connectivity index (χ1v) is 12.0. The Labute approximate surface area is 194 Å². The van der Waals surface area contributed by atoms with E-state index in [9.17, 15) is 0 Å². The van der Waals surface area contributed by atoms with E-state index < -0.39 is 8.24 Å². The Balaban J connectivity index is -0.000000242. The molecule has 0 aromatic carbocycles. The van der Waals surface area contributed by atoms with Gasteiger partial charge in [-0.1, -0.05) is 75.3 Å². The van der Waals surface area contributed by atoms with Gasteiger partial charge in [0.2, 0.25) is 0 Å². The first-order valence-electron chi connectivity index (χ1n) is 9.00. The van der Waals surface area contributed by atoms with Gasteiger partial charge in [0.25, 0.3) is 0 Å². The maximum absolute atomic E-state index is 5.23. The van der Waals surface area contributed by atoms with E-state index in [4.69, 9.17) is 4.98 Å². The Morgan fingerprint density at radius 1 is 0.680 bits per heavy atom. The van der Waals surface area contributed by atoms with Crippen molar-refractivity contribution in [2.45, 2.75) is 72.6 Å². The molecular formula is C20H47N3SiTh. The summed E-state index contributed by atoms with van der Waals surface area (Å²) in [6.07, 6.45) is 0. The second kappa shape index (κ2) is 15.4. The quantitative estimate of drug-likeness (QED) is 0.246. The molecule has 1 aliphatic carbocycles. The molecular weight excluding hydrogens is 542 g/mol. The van der Waals surface area contributed by atoms with Crippen molar-refractivity contribution in [2.75, 3.05) is 28.2 Å². The second-order valence-electron chi connectivity index (χ2n) is 8.79. The molecule has 4 atom stereocenters. The minimum atomic E-state index is -1.49. The van der Waals surface area contributed by atoms with Crippen LogP contribution >= 0.6 is 0 Å². The number of rotatable bonds is 2. The summed E-state index contributed by atoms with van der Waals surface area (Å²) < 4.78 is 0. The van der Waals surface area contributed by atoms with Crippen LogP contribution in [-0.4, -0.2) is 42.0 Å². The molecule has 150 valence electrons. The predicted octanol–water partition coefficient (Wildman–Crippen LogP) is 6.98. The summed E-state index contributed by atoms with van der Waals surface area (Å²) in [4.78, 5) is 5.23. The molecule has 0 heterocycles. The molecule has 0 N–H and O–H groups in total. The first-order chi connectivity index (χ1) is 10.3. The monoisotopic (exact) mass is 589 g/mol. The smallest absolute Gasteiger partial charge is 0.668 e. The van der Waals surface area contributed by atoms with Crippen molar-refractivity contribution in [1.29, 1.82) is 0 Å². The third-order valence-electron chi connectivity index (χ3n) is 5.06. The molecule has 0 aromatic heterocycles. The van der Waals surface area contributed by atoms with Gasteiger partial charge < -0.3 is 23.0 Å². The van der Waals surface area contributed by atoms with Crippen molar-refractivity contribution < 1.29 is 39.9 Å². The molecule has 1 fully saturated rings. The minimum absolute atomic E-state index is 0. The van der Waals surface area contributed by atoms with Gasteiger partial charge in [-0.2, -0.15) is 28.2 Å². The summed E-state index contributed by atoms with van der Waals surface area (Å²) in [6.45, 7) is 21.5. The molecule has 0 saturated heterocycles. The Morgan fingerprint density at radius 2 is 0.920 bits per heavy atom. The molecule has 1 aliphatic rings. The molecule has 3 nitrogen and oxygen atoms in total. The fourth-order valence-electron chi connectivity index (χ4n) is 4.32. The molecule has 5 heteroatoms. The number of hydrogen-bond donors (Lipinski definition) is 0. The van der Waals surface area contributed by atoms with Crippen LogP contribution < -0.4 is 0 Å². The van der Waals surface area contributed by atoms with Crippen LogP contribution in [0.15, 0.2) is 0 Å². The Kier molecular flexibility index (Phi) is 20.9. The summed E-state index contributed by atoms with van der Waals surface area (Å²) in [5, 5.41) is 7.00. The van der Waals surface area contributed by atoms with Crippen molar-refractivity contribution >= 4 is 8.24 Å². The maximum Gasteiger partial charge on any atom is 4.00 e. The van der Waals surface area contributed by atoms with Crippen molar-refractivity contribution in [3.63, 3.8) is 0 Å². The molecule has 0 spiro atoms. The predicted molar refractivity (Wildman–Crippen MR) is 118 cm³/mol. The van der Waals surface area contributed by atoms with E-state index in [0.717, 1.165) is 29.2 Å². The number of nitrogens with zero attached hydrogens (tertiary/aromatic N) is 3. The fourth-order valence-corrected chi connectivity index (χ4v) is 9.37. The zero-order valence-electron chi connectivity index (χ0n) is 19.7. The maximum atomic E-state index is 5.23. The number of hydrogen-bond acceptors (Lipinski definition) is 0. The van der Waals surface area contributed by atoms with Gasteiger partial charge in [0, 0.05) is 0 Å². The standard InChI is InChI=1S/C15H32NSi.2C2H6N.CH3.Th/c1-10-11(2)13(4)14(12(10)3)17(8,9)16-15(5,6)7;2*1-3-2;;/h10-14H,1-9H3;2*1-2H3;1H3;/q4*-1;+4. The van der Waals surface area contributed by atoms with E-state index in [1.54, 1.807) is 28.2 Å². The average Bonchev–Trinajstić information content (AvgIpc) is 2.53. The third-order valence-corrected chi connectivity index (χ3v) is 8.99. The summed E-state index contributed by atoms with van der Waals surface area (Å²) in [7, 11) is 5.51. The van der Waals surface area contributed by atoms with Gasteiger partial charge in [0.15, 0.2) is 0 Å². The Morgan fingerprint density at radius 3 is 1.12 bits per heavy atom. The van der Waals surface area contributed by atoms with Crippen molar-refractivity contribution in [2.24, 2.45) is 23.7 Å². The van der Waals surface area contributed by atoms with Crippen molar-refractivity contribution in [3.05, 3.63) is 23.0 Å². The SMILES string of the molecule is CC1C(C)C(C)C([Si](C)(C)[N-]C(C)(C)C)C1C.C[N-]C.C[N-]C.[CH3-].[Th+4]. The van der Waals surface area contributed by atoms with Crippen LogP contribution in [0.2, 0.25) is 18.6 Å². The van der Waals surface area contributed by atoms with E-state index in [2.05, 4.69) is 72.2 Å². The molecule has 4 unspecified atom stereocenters. The molecule has 0 aliphatic heterocycles. The third kappa shape index (κ3) is 12.5. The van der Waals surface area contributed by atoms with Gasteiger partial charge in [-0.15, -0.1) is 5.54 Å². The zero-order chi connectivity index (χ0) is 19.0. The first kappa shape index (κ1) is 34.0. The molecule has 0 radical (unpaired) electrons. The Bertz CT molecular complexity index is 290. The molecule has 0 amide bonds. The largest absolute Gasteiger partial charge is 4.00 e. The van der Waals surface area contributed by atoms with Gasteiger partial charge in [-0.05, 0) is 23.7 Å². The molecule has 1 saturated carbocycles. The van der Waals surface area contributed by atoms with E-state index >= 15 is 0 Å². The second-order valence-corrected chi connectivity index (χ2v) is 13.0. The van der Waals surface area contributed by atoms with Crippen LogP contribution in [-0.2, 0) is 0 Å². The van der Waals surface area contributed by atoms with Crippen molar-refractivity contribution in [1.82, 2.24) is 0 Å². The van der Waals surface area contributed by atoms with Gasteiger partial charge in [-0.3, -0.25) is 0 Å². The molecule has 0 aromatic rings. The summed E-state index contributed by atoms with van der Waals surface area (Å²) in [6, 6.07) is 0.